The number of fused-ring (bicyclic) bond motifs is 2. The SMILES string of the molecule is NC1C2CCCC1CC(C(=O)N(CCc1ccccc1)C1CCOC1)C2. The largest absolute Gasteiger partial charge is 0.379 e. The summed E-state index contributed by atoms with van der Waals surface area (Å²) in [6.07, 6.45) is 7.58. The van der Waals surface area contributed by atoms with Crippen molar-refractivity contribution >= 4 is 5.91 Å². The summed E-state index contributed by atoms with van der Waals surface area (Å²) in [5.74, 6) is 1.63. The first-order valence-electron chi connectivity index (χ1n) is 10.4. The molecule has 1 heterocycles. The number of carbonyl (C=O) groups excluding carboxylic acids is 1. The second-order valence-electron chi connectivity index (χ2n) is 8.48. The van der Waals surface area contributed by atoms with Gasteiger partial charge in [0.15, 0.2) is 0 Å². The van der Waals surface area contributed by atoms with Crippen LogP contribution in [0.4, 0.5) is 0 Å². The van der Waals surface area contributed by atoms with E-state index in [2.05, 4.69) is 29.2 Å². The lowest BCUT2D eigenvalue weighted by Gasteiger charge is -2.45. The number of nitrogens with zero attached hydrogens (tertiary/aromatic N) is 1. The van der Waals surface area contributed by atoms with E-state index < -0.39 is 0 Å². The molecule has 3 atom stereocenters. The van der Waals surface area contributed by atoms with Gasteiger partial charge in [-0.25, -0.2) is 0 Å². The van der Waals surface area contributed by atoms with Gasteiger partial charge < -0.3 is 15.4 Å². The van der Waals surface area contributed by atoms with E-state index in [0.29, 0.717) is 30.4 Å². The summed E-state index contributed by atoms with van der Waals surface area (Å²) in [5, 5.41) is 0. The maximum Gasteiger partial charge on any atom is 0.226 e. The first-order chi connectivity index (χ1) is 12.7. The molecule has 4 rings (SSSR count). The van der Waals surface area contributed by atoms with E-state index in [-0.39, 0.29) is 12.0 Å². The standard InChI is InChI=1S/C22H32N2O2/c23-21-17-7-4-8-18(21)14-19(13-17)22(25)24(20-10-12-26-15-20)11-9-16-5-2-1-3-6-16/h1-3,5-6,17-21H,4,7-15,23H2. The Morgan fingerprint density at radius 2 is 1.85 bits per heavy atom. The second-order valence-corrected chi connectivity index (χ2v) is 8.48. The van der Waals surface area contributed by atoms with Crippen LogP contribution in [0, 0.1) is 17.8 Å². The normalized spacial score (nSPS) is 33.8. The smallest absolute Gasteiger partial charge is 0.226 e. The van der Waals surface area contributed by atoms with Crippen molar-refractivity contribution in [3.05, 3.63) is 35.9 Å². The van der Waals surface area contributed by atoms with Crippen molar-refractivity contribution in [3.63, 3.8) is 0 Å². The summed E-state index contributed by atoms with van der Waals surface area (Å²) in [7, 11) is 0. The average Bonchev–Trinajstić information content (AvgIpc) is 3.17. The third-order valence-electron chi connectivity index (χ3n) is 6.88. The molecule has 2 aliphatic carbocycles. The first kappa shape index (κ1) is 18.0. The minimum absolute atomic E-state index is 0.168. The Labute approximate surface area is 157 Å². The molecule has 4 heteroatoms. The number of amides is 1. The Kier molecular flexibility index (Phi) is 5.60. The van der Waals surface area contributed by atoms with Gasteiger partial charge in [-0.15, -0.1) is 0 Å². The lowest BCUT2D eigenvalue weighted by molar-refractivity contribution is -0.141. The Bertz CT molecular complexity index is 585. The number of nitrogens with two attached hydrogens (primary N) is 1. The molecule has 3 fully saturated rings. The van der Waals surface area contributed by atoms with E-state index in [4.69, 9.17) is 10.5 Å². The number of benzene rings is 1. The lowest BCUT2D eigenvalue weighted by atomic mass is 9.65. The summed E-state index contributed by atoms with van der Waals surface area (Å²) in [6, 6.07) is 11.1. The fourth-order valence-corrected chi connectivity index (χ4v) is 5.36. The van der Waals surface area contributed by atoms with Crippen molar-refractivity contribution < 1.29 is 9.53 Å². The third-order valence-corrected chi connectivity index (χ3v) is 6.88. The maximum absolute atomic E-state index is 13.5. The molecule has 2 bridgehead atoms. The van der Waals surface area contributed by atoms with E-state index in [9.17, 15) is 4.79 Å². The van der Waals surface area contributed by atoms with Gasteiger partial charge in [0.25, 0.3) is 0 Å². The summed E-state index contributed by atoms with van der Waals surface area (Å²) < 4.78 is 5.61. The number of carbonyl (C=O) groups is 1. The van der Waals surface area contributed by atoms with E-state index in [1.54, 1.807) is 0 Å². The molecule has 1 saturated heterocycles. The van der Waals surface area contributed by atoms with Gasteiger partial charge in [0.2, 0.25) is 5.91 Å². The summed E-state index contributed by atoms with van der Waals surface area (Å²) in [5.41, 5.74) is 7.73. The molecule has 1 amide bonds. The van der Waals surface area contributed by atoms with Gasteiger partial charge in [-0.05, 0) is 55.9 Å². The number of rotatable bonds is 5. The fraction of sp³-hybridized carbons (Fsp3) is 0.682. The average molecular weight is 357 g/mol. The van der Waals surface area contributed by atoms with Crippen molar-refractivity contribution in [1.82, 2.24) is 4.90 Å². The monoisotopic (exact) mass is 356 g/mol. The molecule has 1 aliphatic heterocycles. The molecule has 4 nitrogen and oxygen atoms in total. The molecule has 2 saturated carbocycles. The van der Waals surface area contributed by atoms with Crippen LogP contribution < -0.4 is 5.73 Å². The number of hydrogen-bond acceptors (Lipinski definition) is 3. The van der Waals surface area contributed by atoms with Gasteiger partial charge in [0, 0.05) is 25.1 Å². The Morgan fingerprint density at radius 3 is 2.50 bits per heavy atom. The number of ether oxygens (including phenoxy) is 1. The highest BCUT2D eigenvalue weighted by Crippen LogP contribution is 2.42. The Hall–Kier alpha value is -1.39. The van der Waals surface area contributed by atoms with Gasteiger partial charge in [-0.1, -0.05) is 36.8 Å². The van der Waals surface area contributed by atoms with Gasteiger partial charge >= 0.3 is 0 Å². The van der Waals surface area contributed by atoms with Gasteiger partial charge in [0.05, 0.1) is 12.6 Å². The zero-order valence-electron chi connectivity index (χ0n) is 15.7. The van der Waals surface area contributed by atoms with Crippen LogP contribution >= 0.6 is 0 Å². The van der Waals surface area contributed by atoms with Crippen LogP contribution in [0.3, 0.4) is 0 Å². The highest BCUT2D eigenvalue weighted by Gasteiger charge is 2.42. The molecule has 0 radical (unpaired) electrons. The molecule has 26 heavy (non-hydrogen) atoms. The molecular weight excluding hydrogens is 324 g/mol. The van der Waals surface area contributed by atoms with Gasteiger partial charge in [-0.3, -0.25) is 4.79 Å². The van der Waals surface area contributed by atoms with E-state index in [1.165, 1.54) is 24.8 Å². The van der Waals surface area contributed by atoms with Crippen LogP contribution in [-0.2, 0) is 16.0 Å². The summed E-state index contributed by atoms with van der Waals surface area (Å²) in [4.78, 5) is 15.6. The minimum Gasteiger partial charge on any atom is -0.379 e. The van der Waals surface area contributed by atoms with Gasteiger partial charge in [-0.2, -0.15) is 0 Å². The van der Waals surface area contributed by atoms with E-state index in [1.807, 2.05) is 6.07 Å². The first-order valence-corrected chi connectivity index (χ1v) is 10.4. The van der Waals surface area contributed by atoms with E-state index >= 15 is 0 Å². The van der Waals surface area contributed by atoms with E-state index in [0.717, 1.165) is 38.8 Å². The highest BCUT2D eigenvalue weighted by molar-refractivity contribution is 5.79. The quantitative estimate of drug-likeness (QED) is 0.882. The molecule has 3 aliphatic rings. The molecule has 1 aromatic rings. The Balaban J connectivity index is 1.45. The summed E-state index contributed by atoms with van der Waals surface area (Å²) >= 11 is 0. The van der Waals surface area contributed by atoms with Crippen LogP contribution in [0.15, 0.2) is 30.3 Å². The van der Waals surface area contributed by atoms with Gasteiger partial charge in [0.1, 0.15) is 0 Å². The maximum atomic E-state index is 13.5. The van der Waals surface area contributed by atoms with Crippen LogP contribution in [0.2, 0.25) is 0 Å². The molecule has 1 aromatic carbocycles. The highest BCUT2D eigenvalue weighted by atomic mass is 16.5. The van der Waals surface area contributed by atoms with Crippen molar-refractivity contribution in [3.8, 4) is 0 Å². The topological polar surface area (TPSA) is 55.6 Å². The molecular formula is C22H32N2O2. The predicted octanol–water partition coefficient (Wildman–Crippen LogP) is 3.00. The fourth-order valence-electron chi connectivity index (χ4n) is 5.36. The third kappa shape index (κ3) is 3.81. The van der Waals surface area contributed by atoms with Crippen LogP contribution in [0.1, 0.15) is 44.1 Å². The molecule has 142 valence electrons. The zero-order valence-corrected chi connectivity index (χ0v) is 15.7. The van der Waals surface area contributed by atoms with Crippen molar-refractivity contribution in [2.45, 2.75) is 57.0 Å². The number of hydrogen-bond donors (Lipinski definition) is 1. The lowest BCUT2D eigenvalue weighted by Crippen LogP contribution is -2.51. The van der Waals surface area contributed by atoms with Crippen molar-refractivity contribution in [2.75, 3.05) is 19.8 Å². The minimum atomic E-state index is 0.168. The predicted molar refractivity (Wildman–Crippen MR) is 103 cm³/mol. The second kappa shape index (κ2) is 8.10. The zero-order chi connectivity index (χ0) is 17.9. The Morgan fingerprint density at radius 1 is 1.12 bits per heavy atom. The molecule has 3 unspecified atom stereocenters. The van der Waals surface area contributed by atoms with Crippen LogP contribution in [0.5, 0.6) is 0 Å². The molecule has 0 spiro atoms. The van der Waals surface area contributed by atoms with Crippen LogP contribution in [-0.4, -0.2) is 42.6 Å². The van der Waals surface area contributed by atoms with Crippen molar-refractivity contribution in [1.29, 1.82) is 0 Å². The summed E-state index contributed by atoms with van der Waals surface area (Å²) in [6.45, 7) is 2.27. The molecule has 2 N–H and O–H groups in total. The van der Waals surface area contributed by atoms with Crippen LogP contribution in [0.25, 0.3) is 0 Å². The van der Waals surface area contributed by atoms with Crippen molar-refractivity contribution in [2.24, 2.45) is 23.5 Å². The molecule has 0 aromatic heterocycles.